The van der Waals surface area contributed by atoms with Crippen LogP contribution < -0.4 is 10.6 Å². The number of carbonyl (C=O) groups excluding carboxylic acids is 1. The molecule has 3 aromatic rings. The first kappa shape index (κ1) is 21.1. The monoisotopic (exact) mass is 440 g/mol. The second-order valence-corrected chi connectivity index (χ2v) is 8.01. The number of aromatic nitrogens is 3. The minimum atomic E-state index is -0.432. The Morgan fingerprint density at radius 3 is 2.77 bits per heavy atom. The largest absolute Gasteiger partial charge is 0.354 e. The third kappa shape index (κ3) is 5.34. The molecule has 0 bridgehead atoms. The van der Waals surface area contributed by atoms with Crippen LogP contribution in [0, 0.1) is 11.7 Å². The van der Waals surface area contributed by atoms with E-state index >= 15 is 0 Å². The van der Waals surface area contributed by atoms with Crippen molar-refractivity contribution >= 4 is 34.7 Å². The van der Waals surface area contributed by atoms with Gasteiger partial charge in [-0.2, -0.15) is 10.2 Å². The van der Waals surface area contributed by atoms with Crippen LogP contribution in [0.25, 0.3) is 11.3 Å². The lowest BCUT2D eigenvalue weighted by atomic mass is 9.96. The molecule has 9 heteroatoms. The van der Waals surface area contributed by atoms with E-state index in [1.165, 1.54) is 24.4 Å². The van der Waals surface area contributed by atoms with Crippen molar-refractivity contribution in [3.05, 3.63) is 59.6 Å². The Labute approximate surface area is 184 Å². The van der Waals surface area contributed by atoms with Crippen molar-refractivity contribution in [2.75, 3.05) is 30.8 Å². The Bertz CT molecular complexity index is 1090. The Morgan fingerprint density at radius 1 is 1.16 bits per heavy atom. The molecule has 0 unspecified atom stereocenters. The molecule has 0 aliphatic carbocycles. The lowest BCUT2D eigenvalue weighted by molar-refractivity contribution is -0.121. The summed E-state index contributed by atoms with van der Waals surface area (Å²) >= 11 is 5.98. The number of amides is 1. The molecular weight excluding hydrogens is 419 g/mol. The molecule has 0 spiro atoms. The van der Waals surface area contributed by atoms with Crippen LogP contribution in [0.1, 0.15) is 12.8 Å². The number of hydrogen-bond acceptors (Lipinski definition) is 6. The van der Waals surface area contributed by atoms with E-state index in [0.717, 1.165) is 25.9 Å². The molecule has 0 atom stereocenters. The van der Waals surface area contributed by atoms with Gasteiger partial charge in [-0.3, -0.25) is 4.79 Å². The molecule has 2 aromatic heterocycles. The highest BCUT2D eigenvalue weighted by Gasteiger charge is 2.23. The molecule has 3 heterocycles. The first-order valence-corrected chi connectivity index (χ1v) is 10.4. The van der Waals surface area contributed by atoms with Crippen LogP contribution >= 0.6 is 11.6 Å². The molecule has 2 N–H and O–H groups in total. The SMILES string of the molecule is CN1CCC(C(=O)Nc2cc(Nc3cnnc(-c4cc(Cl)ccc4F)c3)ccn2)CC1. The minimum Gasteiger partial charge on any atom is -0.354 e. The van der Waals surface area contributed by atoms with Gasteiger partial charge in [0.15, 0.2) is 0 Å². The predicted octanol–water partition coefficient (Wildman–Crippen LogP) is 4.36. The zero-order chi connectivity index (χ0) is 21.8. The number of halogens is 2. The van der Waals surface area contributed by atoms with E-state index in [1.807, 2.05) is 0 Å². The summed E-state index contributed by atoms with van der Waals surface area (Å²) in [4.78, 5) is 19.0. The molecule has 160 valence electrons. The Morgan fingerprint density at radius 2 is 1.97 bits per heavy atom. The maximum Gasteiger partial charge on any atom is 0.228 e. The fraction of sp³-hybridized carbons (Fsp3) is 0.273. The molecule has 1 aromatic carbocycles. The molecule has 1 aliphatic heterocycles. The van der Waals surface area contributed by atoms with Gasteiger partial charge >= 0.3 is 0 Å². The van der Waals surface area contributed by atoms with E-state index < -0.39 is 5.82 Å². The topological polar surface area (TPSA) is 83.0 Å². The summed E-state index contributed by atoms with van der Waals surface area (Å²) in [6.07, 6.45) is 4.82. The van der Waals surface area contributed by atoms with Crippen LogP contribution in [0.4, 0.5) is 21.6 Å². The highest BCUT2D eigenvalue weighted by Crippen LogP contribution is 2.27. The number of piperidine rings is 1. The number of carbonyl (C=O) groups is 1. The number of nitrogens with one attached hydrogen (secondary N) is 2. The van der Waals surface area contributed by atoms with Gasteiger partial charge in [-0.25, -0.2) is 9.37 Å². The number of anilines is 3. The molecule has 1 fully saturated rings. The molecule has 1 amide bonds. The van der Waals surface area contributed by atoms with Gasteiger partial charge in [-0.1, -0.05) is 11.6 Å². The van der Waals surface area contributed by atoms with Gasteiger partial charge in [0, 0.05) is 34.5 Å². The standard InChI is InChI=1S/C22H22ClFN6O/c1-30-8-5-14(6-9-30)22(31)28-21-12-16(4-7-25-21)27-17-11-20(29-26-13-17)18-10-15(23)2-3-19(18)24/h2-4,7,10-14H,5-6,8-9H2,1H3,(H2,25,27,28,29,31). The second kappa shape index (κ2) is 9.36. The normalized spacial score (nSPS) is 14.9. The third-order valence-corrected chi connectivity index (χ3v) is 5.48. The quantitative estimate of drug-likeness (QED) is 0.613. The number of likely N-dealkylation sites (tertiary alicyclic amines) is 1. The molecule has 1 saturated heterocycles. The van der Waals surface area contributed by atoms with E-state index in [9.17, 15) is 9.18 Å². The van der Waals surface area contributed by atoms with Crippen molar-refractivity contribution in [2.45, 2.75) is 12.8 Å². The average Bonchev–Trinajstić information content (AvgIpc) is 2.76. The van der Waals surface area contributed by atoms with Crippen LogP contribution in [-0.4, -0.2) is 46.1 Å². The summed E-state index contributed by atoms with van der Waals surface area (Å²) in [6.45, 7) is 1.83. The van der Waals surface area contributed by atoms with Crippen LogP contribution in [0.15, 0.2) is 48.8 Å². The number of rotatable bonds is 5. The van der Waals surface area contributed by atoms with E-state index in [2.05, 4.69) is 37.8 Å². The number of pyridine rings is 1. The van der Waals surface area contributed by atoms with Crippen molar-refractivity contribution in [1.82, 2.24) is 20.1 Å². The third-order valence-electron chi connectivity index (χ3n) is 5.25. The predicted molar refractivity (Wildman–Crippen MR) is 119 cm³/mol. The van der Waals surface area contributed by atoms with Gasteiger partial charge in [0.1, 0.15) is 11.6 Å². The Kier molecular flexibility index (Phi) is 6.39. The lowest BCUT2D eigenvalue weighted by Gasteiger charge is -2.27. The summed E-state index contributed by atoms with van der Waals surface area (Å²) in [5.74, 6) is 0.0203. The highest BCUT2D eigenvalue weighted by molar-refractivity contribution is 6.30. The first-order chi connectivity index (χ1) is 15.0. The van der Waals surface area contributed by atoms with Crippen LogP contribution in [-0.2, 0) is 4.79 Å². The minimum absolute atomic E-state index is 0.00540. The van der Waals surface area contributed by atoms with Gasteiger partial charge in [-0.15, -0.1) is 0 Å². The van der Waals surface area contributed by atoms with Crippen LogP contribution in [0.5, 0.6) is 0 Å². The van der Waals surface area contributed by atoms with Crippen molar-refractivity contribution in [3.63, 3.8) is 0 Å². The van der Waals surface area contributed by atoms with Gasteiger partial charge in [0.05, 0.1) is 17.6 Å². The zero-order valence-corrected chi connectivity index (χ0v) is 17.7. The lowest BCUT2D eigenvalue weighted by Crippen LogP contribution is -2.36. The van der Waals surface area contributed by atoms with E-state index in [0.29, 0.717) is 27.9 Å². The molecule has 31 heavy (non-hydrogen) atoms. The molecule has 0 radical (unpaired) electrons. The van der Waals surface area contributed by atoms with Crippen LogP contribution in [0.3, 0.4) is 0 Å². The summed E-state index contributed by atoms with van der Waals surface area (Å²) in [7, 11) is 2.06. The van der Waals surface area contributed by atoms with E-state index in [1.54, 1.807) is 24.4 Å². The first-order valence-electron chi connectivity index (χ1n) is 9.98. The number of benzene rings is 1. The van der Waals surface area contributed by atoms with Crippen molar-refractivity contribution < 1.29 is 9.18 Å². The molecule has 7 nitrogen and oxygen atoms in total. The van der Waals surface area contributed by atoms with E-state index in [-0.39, 0.29) is 17.4 Å². The highest BCUT2D eigenvalue weighted by atomic mass is 35.5. The maximum absolute atomic E-state index is 14.2. The van der Waals surface area contributed by atoms with Gasteiger partial charge in [-0.05, 0) is 63.3 Å². The average molecular weight is 441 g/mol. The van der Waals surface area contributed by atoms with Crippen molar-refractivity contribution in [3.8, 4) is 11.3 Å². The summed E-state index contributed by atoms with van der Waals surface area (Å²) in [6, 6.07) is 9.47. The fourth-order valence-corrected chi connectivity index (χ4v) is 3.67. The molecule has 1 aliphatic rings. The summed E-state index contributed by atoms with van der Waals surface area (Å²) in [5.41, 5.74) is 1.95. The summed E-state index contributed by atoms with van der Waals surface area (Å²) < 4.78 is 14.2. The molecule has 4 rings (SSSR count). The van der Waals surface area contributed by atoms with Crippen LogP contribution in [0.2, 0.25) is 5.02 Å². The summed E-state index contributed by atoms with van der Waals surface area (Å²) in [5, 5.41) is 14.5. The fourth-order valence-electron chi connectivity index (χ4n) is 3.50. The van der Waals surface area contributed by atoms with Gasteiger partial charge < -0.3 is 15.5 Å². The molecular formula is C22H22ClFN6O. The smallest absolute Gasteiger partial charge is 0.228 e. The van der Waals surface area contributed by atoms with Gasteiger partial charge in [0.25, 0.3) is 0 Å². The Hall–Kier alpha value is -3.10. The number of nitrogens with zero attached hydrogens (tertiary/aromatic N) is 4. The zero-order valence-electron chi connectivity index (χ0n) is 17.0. The van der Waals surface area contributed by atoms with Gasteiger partial charge in [0.2, 0.25) is 5.91 Å². The Balaban J connectivity index is 1.47. The van der Waals surface area contributed by atoms with E-state index in [4.69, 9.17) is 11.6 Å². The molecule has 0 saturated carbocycles. The maximum atomic E-state index is 14.2. The van der Waals surface area contributed by atoms with Crippen molar-refractivity contribution in [2.24, 2.45) is 5.92 Å². The second-order valence-electron chi connectivity index (χ2n) is 7.58. The number of hydrogen-bond donors (Lipinski definition) is 2. The van der Waals surface area contributed by atoms with Crippen molar-refractivity contribution in [1.29, 1.82) is 0 Å².